The first-order valence-corrected chi connectivity index (χ1v) is 4.64. The molecule has 15 heavy (non-hydrogen) atoms. The third kappa shape index (κ3) is 2.01. The maximum absolute atomic E-state index is 5.66. The van der Waals surface area contributed by atoms with Crippen molar-refractivity contribution in [1.82, 2.24) is 29.5 Å². The summed E-state index contributed by atoms with van der Waals surface area (Å²) in [4.78, 5) is 8.19. The van der Waals surface area contributed by atoms with Gasteiger partial charge in [-0.15, -0.1) is 0 Å². The van der Waals surface area contributed by atoms with Gasteiger partial charge in [0, 0.05) is 7.05 Å². The minimum Gasteiger partial charge on any atom is -0.321 e. The first kappa shape index (κ1) is 9.78. The van der Waals surface area contributed by atoms with Crippen molar-refractivity contribution in [2.75, 3.05) is 0 Å². The number of aryl methyl sites for hydroxylation is 1. The molecule has 80 valence electrons. The third-order valence-electron chi connectivity index (χ3n) is 2.07. The molecule has 0 saturated carbocycles. The standard InChI is InChI=1S/C8H13N7/c1-6(9)8-11-5-15(13-8)3-7-10-4-12-14(7)2/h4-6H,3,9H2,1-2H3. The summed E-state index contributed by atoms with van der Waals surface area (Å²) in [7, 11) is 1.84. The number of aromatic nitrogens is 6. The molecule has 0 saturated heterocycles. The van der Waals surface area contributed by atoms with Crippen molar-refractivity contribution in [3.05, 3.63) is 24.3 Å². The summed E-state index contributed by atoms with van der Waals surface area (Å²) < 4.78 is 3.40. The maximum atomic E-state index is 5.66. The van der Waals surface area contributed by atoms with Crippen LogP contribution >= 0.6 is 0 Å². The van der Waals surface area contributed by atoms with Gasteiger partial charge in [-0.2, -0.15) is 10.2 Å². The molecule has 7 heteroatoms. The molecule has 1 unspecified atom stereocenters. The second-order valence-corrected chi connectivity index (χ2v) is 3.39. The van der Waals surface area contributed by atoms with Gasteiger partial charge >= 0.3 is 0 Å². The van der Waals surface area contributed by atoms with Gasteiger partial charge in [-0.3, -0.25) is 4.68 Å². The summed E-state index contributed by atoms with van der Waals surface area (Å²) in [6, 6.07) is -0.147. The molecule has 0 aliphatic rings. The van der Waals surface area contributed by atoms with Gasteiger partial charge in [-0.1, -0.05) is 0 Å². The first-order valence-electron chi connectivity index (χ1n) is 4.64. The summed E-state index contributed by atoms with van der Waals surface area (Å²) >= 11 is 0. The van der Waals surface area contributed by atoms with Gasteiger partial charge in [0.1, 0.15) is 25.0 Å². The predicted molar refractivity (Wildman–Crippen MR) is 52.7 cm³/mol. The van der Waals surface area contributed by atoms with Crippen LogP contribution in [0.2, 0.25) is 0 Å². The normalized spacial score (nSPS) is 13.0. The Morgan fingerprint density at radius 2 is 2.27 bits per heavy atom. The van der Waals surface area contributed by atoms with Crippen molar-refractivity contribution < 1.29 is 0 Å². The van der Waals surface area contributed by atoms with E-state index in [0.29, 0.717) is 12.4 Å². The Balaban J connectivity index is 2.15. The van der Waals surface area contributed by atoms with E-state index >= 15 is 0 Å². The summed E-state index contributed by atoms with van der Waals surface area (Å²) in [5.41, 5.74) is 5.66. The Bertz CT molecular complexity index is 441. The van der Waals surface area contributed by atoms with Crippen molar-refractivity contribution in [3.63, 3.8) is 0 Å². The molecular weight excluding hydrogens is 194 g/mol. The van der Waals surface area contributed by atoms with Crippen LogP contribution in [0.15, 0.2) is 12.7 Å². The van der Waals surface area contributed by atoms with E-state index in [2.05, 4.69) is 20.2 Å². The number of hydrogen-bond acceptors (Lipinski definition) is 5. The number of hydrogen-bond donors (Lipinski definition) is 1. The topological polar surface area (TPSA) is 87.4 Å². The zero-order valence-electron chi connectivity index (χ0n) is 8.70. The molecule has 0 bridgehead atoms. The minimum atomic E-state index is -0.147. The zero-order valence-corrected chi connectivity index (χ0v) is 8.70. The first-order chi connectivity index (χ1) is 7.16. The second kappa shape index (κ2) is 3.77. The Morgan fingerprint density at radius 1 is 1.47 bits per heavy atom. The summed E-state index contributed by atoms with van der Waals surface area (Å²) in [6.07, 6.45) is 3.16. The van der Waals surface area contributed by atoms with Gasteiger partial charge in [-0.25, -0.2) is 14.6 Å². The molecule has 0 spiro atoms. The zero-order chi connectivity index (χ0) is 10.8. The maximum Gasteiger partial charge on any atom is 0.166 e. The Kier molecular flexibility index (Phi) is 2.46. The lowest BCUT2D eigenvalue weighted by atomic mass is 10.4. The number of nitrogens with zero attached hydrogens (tertiary/aromatic N) is 6. The Morgan fingerprint density at radius 3 is 2.80 bits per heavy atom. The molecule has 2 rings (SSSR count). The van der Waals surface area contributed by atoms with Crippen LogP contribution in [0.4, 0.5) is 0 Å². The second-order valence-electron chi connectivity index (χ2n) is 3.39. The molecule has 0 aliphatic heterocycles. The lowest BCUT2D eigenvalue weighted by molar-refractivity contribution is 0.594. The minimum absolute atomic E-state index is 0.147. The van der Waals surface area contributed by atoms with Crippen LogP contribution in [0, 0.1) is 0 Å². The molecule has 2 aromatic heterocycles. The molecule has 1 atom stereocenters. The fourth-order valence-electron chi connectivity index (χ4n) is 1.20. The highest BCUT2D eigenvalue weighted by Gasteiger charge is 2.07. The van der Waals surface area contributed by atoms with Crippen LogP contribution in [0.3, 0.4) is 0 Å². The van der Waals surface area contributed by atoms with E-state index < -0.39 is 0 Å². The van der Waals surface area contributed by atoms with Crippen molar-refractivity contribution in [3.8, 4) is 0 Å². The molecule has 0 fully saturated rings. The SMILES string of the molecule is CC(N)c1ncn(Cc2ncnn2C)n1. The third-order valence-corrected chi connectivity index (χ3v) is 2.07. The lowest BCUT2D eigenvalue weighted by Crippen LogP contribution is -2.10. The average molecular weight is 207 g/mol. The van der Waals surface area contributed by atoms with Gasteiger partial charge < -0.3 is 5.73 Å². The highest BCUT2D eigenvalue weighted by Crippen LogP contribution is 2.02. The fourth-order valence-corrected chi connectivity index (χ4v) is 1.20. The largest absolute Gasteiger partial charge is 0.321 e. The molecule has 0 aromatic carbocycles. The molecule has 2 aromatic rings. The molecule has 0 aliphatic carbocycles. The van der Waals surface area contributed by atoms with Crippen LogP contribution in [0.5, 0.6) is 0 Å². The van der Waals surface area contributed by atoms with E-state index in [1.807, 2.05) is 14.0 Å². The van der Waals surface area contributed by atoms with E-state index in [1.165, 1.54) is 6.33 Å². The van der Waals surface area contributed by atoms with Gasteiger partial charge in [-0.05, 0) is 6.92 Å². The van der Waals surface area contributed by atoms with E-state index in [0.717, 1.165) is 5.82 Å². The Hall–Kier alpha value is -1.76. The summed E-state index contributed by atoms with van der Waals surface area (Å²) in [6.45, 7) is 2.40. The van der Waals surface area contributed by atoms with Gasteiger partial charge in [0.2, 0.25) is 0 Å². The lowest BCUT2D eigenvalue weighted by Gasteiger charge is -2.00. The predicted octanol–water partition coefficient (Wildman–Crippen LogP) is -0.525. The smallest absolute Gasteiger partial charge is 0.166 e. The van der Waals surface area contributed by atoms with Crippen molar-refractivity contribution in [1.29, 1.82) is 0 Å². The summed E-state index contributed by atoms with van der Waals surface area (Å²) in [5, 5.41) is 8.20. The van der Waals surface area contributed by atoms with Gasteiger partial charge in [0.25, 0.3) is 0 Å². The average Bonchev–Trinajstić information content (AvgIpc) is 2.77. The van der Waals surface area contributed by atoms with Crippen LogP contribution in [-0.4, -0.2) is 29.5 Å². The molecule has 7 nitrogen and oxygen atoms in total. The fraction of sp³-hybridized carbons (Fsp3) is 0.500. The number of nitrogens with two attached hydrogens (primary N) is 1. The Labute approximate surface area is 86.9 Å². The molecular formula is C8H13N7. The van der Waals surface area contributed by atoms with Gasteiger partial charge in [0.05, 0.1) is 6.04 Å². The van der Waals surface area contributed by atoms with Crippen LogP contribution < -0.4 is 5.73 Å². The van der Waals surface area contributed by atoms with Crippen LogP contribution in [0.1, 0.15) is 24.6 Å². The molecule has 2 N–H and O–H groups in total. The number of rotatable bonds is 3. The quantitative estimate of drug-likeness (QED) is 0.731. The van der Waals surface area contributed by atoms with Crippen molar-refractivity contribution >= 4 is 0 Å². The monoisotopic (exact) mass is 207 g/mol. The summed E-state index contributed by atoms with van der Waals surface area (Å²) in [5.74, 6) is 1.47. The highest BCUT2D eigenvalue weighted by atomic mass is 15.4. The van der Waals surface area contributed by atoms with Crippen molar-refractivity contribution in [2.24, 2.45) is 12.8 Å². The van der Waals surface area contributed by atoms with Crippen LogP contribution in [-0.2, 0) is 13.6 Å². The van der Waals surface area contributed by atoms with E-state index in [9.17, 15) is 0 Å². The van der Waals surface area contributed by atoms with Crippen LogP contribution in [0.25, 0.3) is 0 Å². The van der Waals surface area contributed by atoms with Crippen molar-refractivity contribution in [2.45, 2.75) is 19.5 Å². The molecule has 0 radical (unpaired) electrons. The van der Waals surface area contributed by atoms with E-state index in [1.54, 1.807) is 15.7 Å². The molecule has 2 heterocycles. The van der Waals surface area contributed by atoms with Gasteiger partial charge in [0.15, 0.2) is 5.82 Å². The highest BCUT2D eigenvalue weighted by molar-refractivity contribution is 4.90. The van der Waals surface area contributed by atoms with E-state index in [-0.39, 0.29) is 6.04 Å². The van der Waals surface area contributed by atoms with E-state index in [4.69, 9.17) is 5.73 Å². The molecule has 0 amide bonds.